The molecule has 0 saturated heterocycles. The number of carbonyl (C=O) groups excluding carboxylic acids is 1. The molecule has 0 saturated carbocycles. The Kier molecular flexibility index (Phi) is 8.78. The Hall–Kier alpha value is -2.80. The van der Waals surface area contributed by atoms with E-state index in [1.54, 1.807) is 0 Å². The zero-order chi connectivity index (χ0) is 24.8. The van der Waals surface area contributed by atoms with Crippen LogP contribution in [0, 0.1) is 6.92 Å². The Morgan fingerprint density at radius 1 is 1.06 bits per heavy atom. The van der Waals surface area contributed by atoms with Crippen molar-refractivity contribution in [2.45, 2.75) is 78.1 Å². The fraction of sp³-hybridized carbons (Fsp3) is 0.444. The number of rotatable bonds is 10. The van der Waals surface area contributed by atoms with Crippen LogP contribution >= 0.6 is 11.8 Å². The molecule has 3 aromatic rings. The summed E-state index contributed by atoms with van der Waals surface area (Å²) in [6, 6.07) is 14.4. The average Bonchev–Trinajstić information content (AvgIpc) is 3.24. The van der Waals surface area contributed by atoms with Crippen LogP contribution in [-0.4, -0.2) is 26.4 Å². The van der Waals surface area contributed by atoms with Gasteiger partial charge in [-0.25, -0.2) is 0 Å². The summed E-state index contributed by atoms with van der Waals surface area (Å²) in [6.07, 6.45) is 0.593. The van der Waals surface area contributed by atoms with Crippen molar-refractivity contribution in [3.8, 4) is 5.75 Å². The van der Waals surface area contributed by atoms with E-state index in [1.807, 2.05) is 38.1 Å². The zero-order valence-corrected chi connectivity index (χ0v) is 22.1. The highest BCUT2D eigenvalue weighted by Crippen LogP contribution is 2.29. The molecule has 0 fully saturated rings. The Morgan fingerprint density at radius 3 is 2.38 bits per heavy atom. The van der Waals surface area contributed by atoms with E-state index >= 15 is 0 Å². The molecule has 1 atom stereocenters. The van der Waals surface area contributed by atoms with E-state index in [0.717, 1.165) is 34.8 Å². The second-order valence-corrected chi connectivity index (χ2v) is 10.0. The van der Waals surface area contributed by atoms with Crippen LogP contribution in [0.2, 0.25) is 0 Å². The second-order valence-electron chi connectivity index (χ2n) is 9.09. The van der Waals surface area contributed by atoms with Gasteiger partial charge in [0.25, 0.3) is 0 Å². The van der Waals surface area contributed by atoms with Gasteiger partial charge in [-0.1, -0.05) is 62.9 Å². The molecular formula is C27H36N4O2S. The van der Waals surface area contributed by atoms with Gasteiger partial charge in [0.05, 0.1) is 5.75 Å². The Bertz CT molecular complexity index is 1110. The predicted molar refractivity (Wildman–Crippen MR) is 140 cm³/mol. The fourth-order valence-corrected chi connectivity index (χ4v) is 4.72. The summed E-state index contributed by atoms with van der Waals surface area (Å²) in [5, 5.41) is 12.6. The van der Waals surface area contributed by atoms with Crippen LogP contribution in [0.3, 0.4) is 0 Å². The molecule has 7 heteroatoms. The topological polar surface area (TPSA) is 69.0 Å². The first-order valence-corrected chi connectivity index (χ1v) is 12.9. The van der Waals surface area contributed by atoms with Crippen molar-refractivity contribution in [1.29, 1.82) is 0 Å². The monoisotopic (exact) mass is 480 g/mol. The van der Waals surface area contributed by atoms with E-state index in [0.29, 0.717) is 11.1 Å². The van der Waals surface area contributed by atoms with Crippen LogP contribution in [0.15, 0.2) is 47.6 Å². The largest absolute Gasteiger partial charge is 0.483 e. The molecule has 0 aliphatic rings. The molecule has 0 bridgehead atoms. The first-order valence-electron chi connectivity index (χ1n) is 11.9. The molecule has 34 heavy (non-hydrogen) atoms. The second kappa shape index (κ2) is 11.6. The summed E-state index contributed by atoms with van der Waals surface area (Å²) in [7, 11) is 0. The van der Waals surface area contributed by atoms with Crippen LogP contribution in [0.25, 0.3) is 0 Å². The summed E-state index contributed by atoms with van der Waals surface area (Å²) in [4.78, 5) is 12.7. The lowest BCUT2D eigenvalue weighted by molar-refractivity contribution is -0.113. The maximum absolute atomic E-state index is 12.7. The summed E-state index contributed by atoms with van der Waals surface area (Å²) in [5.74, 6) is 2.23. The van der Waals surface area contributed by atoms with Crippen LogP contribution < -0.4 is 10.1 Å². The third kappa shape index (κ3) is 6.20. The Balaban J connectivity index is 1.69. The van der Waals surface area contributed by atoms with Crippen molar-refractivity contribution in [3.05, 3.63) is 65.0 Å². The quantitative estimate of drug-likeness (QED) is 0.326. The molecule has 0 spiro atoms. The average molecular weight is 481 g/mol. The van der Waals surface area contributed by atoms with Crippen molar-refractivity contribution in [1.82, 2.24) is 14.8 Å². The lowest BCUT2D eigenvalue weighted by Crippen LogP contribution is -2.17. The van der Waals surface area contributed by atoms with Gasteiger partial charge in [-0.2, -0.15) is 0 Å². The van der Waals surface area contributed by atoms with E-state index in [2.05, 4.69) is 72.9 Å². The lowest BCUT2D eigenvalue weighted by atomic mass is 10.0. The summed E-state index contributed by atoms with van der Waals surface area (Å²) in [5.41, 5.74) is 4.39. The number of hydrogen-bond donors (Lipinski definition) is 1. The summed E-state index contributed by atoms with van der Waals surface area (Å²) >= 11 is 1.39. The molecule has 3 rings (SSSR count). The maximum Gasteiger partial charge on any atom is 0.234 e. The summed E-state index contributed by atoms with van der Waals surface area (Å²) in [6.45, 7) is 14.6. The number of carbonyl (C=O) groups is 1. The number of benzene rings is 2. The van der Waals surface area contributed by atoms with Gasteiger partial charge in [0, 0.05) is 11.7 Å². The molecule has 1 heterocycles. The third-order valence-electron chi connectivity index (χ3n) is 5.77. The first-order chi connectivity index (χ1) is 16.2. The molecule has 0 aliphatic carbocycles. The van der Waals surface area contributed by atoms with E-state index in [4.69, 9.17) is 4.74 Å². The van der Waals surface area contributed by atoms with Gasteiger partial charge in [-0.05, 0) is 68.9 Å². The van der Waals surface area contributed by atoms with Gasteiger partial charge >= 0.3 is 0 Å². The van der Waals surface area contributed by atoms with E-state index in [-0.39, 0.29) is 23.8 Å². The van der Waals surface area contributed by atoms with E-state index in [9.17, 15) is 4.79 Å². The highest BCUT2D eigenvalue weighted by molar-refractivity contribution is 7.99. The number of aromatic nitrogens is 3. The third-order valence-corrected chi connectivity index (χ3v) is 6.71. The molecule has 2 aromatic carbocycles. The van der Waals surface area contributed by atoms with E-state index in [1.165, 1.54) is 17.3 Å². The van der Waals surface area contributed by atoms with Gasteiger partial charge in [0.1, 0.15) is 5.75 Å². The minimum Gasteiger partial charge on any atom is -0.483 e. The number of thioether (sulfide) groups is 1. The normalized spacial score (nSPS) is 12.3. The molecule has 1 amide bonds. The number of anilines is 1. The molecule has 1 aromatic heterocycles. The van der Waals surface area contributed by atoms with Crippen LogP contribution in [0.4, 0.5) is 5.69 Å². The van der Waals surface area contributed by atoms with Gasteiger partial charge in [0.2, 0.25) is 5.91 Å². The van der Waals surface area contributed by atoms with Crippen molar-refractivity contribution >= 4 is 23.4 Å². The number of ether oxygens (including phenoxy) is 1. The minimum atomic E-state index is -0.276. The van der Waals surface area contributed by atoms with Gasteiger partial charge in [-0.15, -0.1) is 10.2 Å². The molecule has 0 radical (unpaired) electrons. The van der Waals surface area contributed by atoms with Crippen LogP contribution in [0.1, 0.15) is 82.1 Å². The molecule has 6 nitrogen and oxygen atoms in total. The number of para-hydroxylation sites is 1. The number of nitrogens with zero attached hydrogens (tertiary/aromatic N) is 3. The Labute approximate surface area is 207 Å². The zero-order valence-electron chi connectivity index (χ0n) is 21.3. The van der Waals surface area contributed by atoms with Crippen molar-refractivity contribution in [2.75, 3.05) is 11.1 Å². The number of aryl methyl sites for hydroxylation is 2. The van der Waals surface area contributed by atoms with Crippen LogP contribution in [-0.2, 0) is 11.2 Å². The lowest BCUT2D eigenvalue weighted by Gasteiger charge is -2.19. The number of nitrogens with one attached hydrogen (secondary N) is 1. The predicted octanol–water partition coefficient (Wildman–Crippen LogP) is 6.72. The standard InChI is InChI=1S/C27H36N4O2S/c1-8-21-11-9-10-19(6)25(21)28-24(32)16-34-27-30-29-26(31(27)18(4)5)20(7)33-23-14-12-22(13-15-23)17(2)3/h9-15,17-18,20H,8,16H2,1-7H3,(H,28,32). The summed E-state index contributed by atoms with van der Waals surface area (Å²) < 4.78 is 8.22. The highest BCUT2D eigenvalue weighted by atomic mass is 32.2. The number of amides is 1. The molecule has 1 unspecified atom stereocenters. The fourth-order valence-electron chi connectivity index (χ4n) is 3.85. The molecular weight excluding hydrogens is 444 g/mol. The van der Waals surface area contributed by atoms with Crippen molar-refractivity contribution in [2.24, 2.45) is 0 Å². The van der Waals surface area contributed by atoms with Gasteiger partial charge in [-0.3, -0.25) is 4.79 Å². The van der Waals surface area contributed by atoms with Gasteiger partial charge < -0.3 is 14.6 Å². The minimum absolute atomic E-state index is 0.0524. The van der Waals surface area contributed by atoms with Gasteiger partial charge in [0.15, 0.2) is 17.1 Å². The maximum atomic E-state index is 12.7. The van der Waals surface area contributed by atoms with Crippen molar-refractivity contribution in [3.63, 3.8) is 0 Å². The molecule has 182 valence electrons. The highest BCUT2D eigenvalue weighted by Gasteiger charge is 2.22. The molecule has 0 aliphatic heterocycles. The smallest absolute Gasteiger partial charge is 0.234 e. The first kappa shape index (κ1) is 25.8. The van der Waals surface area contributed by atoms with Crippen LogP contribution in [0.5, 0.6) is 5.75 Å². The van der Waals surface area contributed by atoms with Crippen molar-refractivity contribution < 1.29 is 9.53 Å². The van der Waals surface area contributed by atoms with E-state index < -0.39 is 0 Å². The SMILES string of the molecule is CCc1cccc(C)c1NC(=O)CSc1nnc(C(C)Oc2ccc(C(C)C)cc2)n1C(C)C. The molecule has 1 N–H and O–H groups in total. The number of hydrogen-bond acceptors (Lipinski definition) is 5. The Morgan fingerprint density at radius 2 is 1.76 bits per heavy atom.